The van der Waals surface area contributed by atoms with Crippen LogP contribution in [0.25, 0.3) is 0 Å². The van der Waals surface area contributed by atoms with E-state index in [1.165, 1.54) is 29.3 Å². The molecule has 2 aromatic carbocycles. The zero-order valence-corrected chi connectivity index (χ0v) is 16.8. The molecular weight excluding hydrogens is 393 g/mol. The van der Waals surface area contributed by atoms with Gasteiger partial charge in [-0.15, -0.1) is 0 Å². The Balaban J connectivity index is 1.43. The van der Waals surface area contributed by atoms with Crippen LogP contribution < -0.4 is 5.43 Å². The fourth-order valence-corrected chi connectivity index (χ4v) is 3.34. The van der Waals surface area contributed by atoms with E-state index in [-0.39, 0.29) is 18.0 Å². The molecule has 30 heavy (non-hydrogen) atoms. The first-order valence-corrected chi connectivity index (χ1v) is 9.79. The minimum absolute atomic E-state index is 0.0879. The molecule has 0 aliphatic carbocycles. The number of hydrazone groups is 1. The largest absolute Gasteiger partial charge is 0.417 e. The van der Waals surface area contributed by atoms with Crippen LogP contribution in [0.4, 0.5) is 13.2 Å². The summed E-state index contributed by atoms with van der Waals surface area (Å²) in [4.78, 5) is 16.4. The van der Waals surface area contributed by atoms with Crippen LogP contribution in [0.5, 0.6) is 0 Å². The van der Waals surface area contributed by atoms with Crippen molar-refractivity contribution >= 4 is 12.1 Å². The molecule has 3 rings (SSSR count). The van der Waals surface area contributed by atoms with Crippen LogP contribution in [0, 0.1) is 6.92 Å². The van der Waals surface area contributed by atoms with Crippen LogP contribution >= 0.6 is 0 Å². The molecule has 0 atom stereocenters. The van der Waals surface area contributed by atoms with Crippen molar-refractivity contribution in [2.75, 3.05) is 32.7 Å². The molecule has 1 heterocycles. The fraction of sp³-hybridized carbons (Fsp3) is 0.364. The van der Waals surface area contributed by atoms with Gasteiger partial charge in [-0.2, -0.15) is 18.3 Å². The van der Waals surface area contributed by atoms with E-state index in [1.807, 2.05) is 4.90 Å². The molecule has 1 saturated heterocycles. The van der Waals surface area contributed by atoms with Gasteiger partial charge in [0, 0.05) is 38.3 Å². The van der Waals surface area contributed by atoms with Gasteiger partial charge in [0.25, 0.3) is 5.91 Å². The topological polar surface area (TPSA) is 47.9 Å². The van der Waals surface area contributed by atoms with Crippen LogP contribution in [0.1, 0.15) is 22.3 Å². The number of alkyl halides is 3. The van der Waals surface area contributed by atoms with Crippen LogP contribution in [0.2, 0.25) is 0 Å². The molecule has 1 fully saturated rings. The number of benzene rings is 2. The Bertz CT molecular complexity index is 873. The van der Waals surface area contributed by atoms with Gasteiger partial charge in [0.05, 0.1) is 18.3 Å². The summed E-state index contributed by atoms with van der Waals surface area (Å²) in [6.45, 7) is 6.30. The normalized spacial score (nSPS) is 16.1. The van der Waals surface area contributed by atoms with Crippen molar-refractivity contribution in [3.05, 3.63) is 70.8 Å². The summed E-state index contributed by atoms with van der Waals surface area (Å²) in [5.41, 5.74) is 3.95. The molecule has 0 unspecified atom stereocenters. The molecule has 2 aromatic rings. The number of amides is 1. The molecule has 160 valence electrons. The lowest BCUT2D eigenvalue weighted by atomic mass is 10.1. The molecule has 1 aliphatic rings. The highest BCUT2D eigenvalue weighted by Gasteiger charge is 2.32. The van der Waals surface area contributed by atoms with E-state index >= 15 is 0 Å². The molecule has 5 nitrogen and oxygen atoms in total. The second-order valence-electron chi connectivity index (χ2n) is 7.42. The molecule has 0 aromatic heterocycles. The average Bonchev–Trinajstić information content (AvgIpc) is 2.71. The first kappa shape index (κ1) is 22.0. The highest BCUT2D eigenvalue weighted by atomic mass is 19.4. The summed E-state index contributed by atoms with van der Waals surface area (Å²) in [6.07, 6.45) is -3.44. The van der Waals surface area contributed by atoms with Crippen LogP contribution in [-0.2, 0) is 17.5 Å². The summed E-state index contributed by atoms with van der Waals surface area (Å²) < 4.78 is 38.9. The number of halogens is 3. The molecule has 1 N–H and O–H groups in total. The second-order valence-corrected chi connectivity index (χ2v) is 7.42. The van der Waals surface area contributed by atoms with E-state index in [0.717, 1.165) is 45.0 Å². The van der Waals surface area contributed by atoms with E-state index in [2.05, 4.69) is 46.6 Å². The van der Waals surface area contributed by atoms with E-state index in [4.69, 9.17) is 0 Å². The molecule has 1 aliphatic heterocycles. The zero-order chi connectivity index (χ0) is 21.6. The molecule has 1 amide bonds. The van der Waals surface area contributed by atoms with Gasteiger partial charge < -0.3 is 0 Å². The first-order valence-electron chi connectivity index (χ1n) is 9.79. The predicted molar refractivity (Wildman–Crippen MR) is 110 cm³/mol. The summed E-state index contributed by atoms with van der Waals surface area (Å²) in [5, 5.41) is 3.70. The van der Waals surface area contributed by atoms with E-state index in [1.54, 1.807) is 0 Å². The average molecular weight is 418 g/mol. The van der Waals surface area contributed by atoms with Crippen LogP contribution in [0.15, 0.2) is 53.6 Å². The van der Waals surface area contributed by atoms with Gasteiger partial charge >= 0.3 is 6.18 Å². The number of piperazine rings is 1. The van der Waals surface area contributed by atoms with Gasteiger partial charge in [-0.05, 0) is 18.6 Å². The maximum absolute atomic E-state index is 13.0. The van der Waals surface area contributed by atoms with Crippen molar-refractivity contribution < 1.29 is 18.0 Å². The maximum atomic E-state index is 13.0. The summed E-state index contributed by atoms with van der Waals surface area (Å²) in [5.74, 6) is -0.345. The molecule has 8 heteroatoms. The van der Waals surface area contributed by atoms with Crippen molar-refractivity contribution in [2.24, 2.45) is 5.10 Å². The van der Waals surface area contributed by atoms with Gasteiger partial charge in [-0.3, -0.25) is 14.6 Å². The van der Waals surface area contributed by atoms with Crippen molar-refractivity contribution in [1.29, 1.82) is 0 Å². The number of hydrogen-bond acceptors (Lipinski definition) is 4. The molecule has 0 spiro atoms. The minimum atomic E-state index is -4.47. The number of nitrogens with zero attached hydrogens (tertiary/aromatic N) is 3. The third kappa shape index (κ3) is 6.40. The number of nitrogens with one attached hydrogen (secondary N) is 1. The lowest BCUT2D eigenvalue weighted by molar-refractivity contribution is -0.137. The van der Waals surface area contributed by atoms with Gasteiger partial charge in [0.2, 0.25) is 0 Å². The lowest BCUT2D eigenvalue weighted by Gasteiger charge is -2.34. The van der Waals surface area contributed by atoms with Gasteiger partial charge in [-0.25, -0.2) is 5.43 Å². The van der Waals surface area contributed by atoms with Crippen molar-refractivity contribution in [3.8, 4) is 0 Å². The van der Waals surface area contributed by atoms with Crippen molar-refractivity contribution in [1.82, 2.24) is 15.2 Å². The van der Waals surface area contributed by atoms with E-state index < -0.39 is 11.7 Å². The third-order valence-electron chi connectivity index (χ3n) is 5.02. The SMILES string of the molecule is Cc1ccc(CN2CCN(CC(=O)N/N=C\c3ccccc3C(F)(F)F)CC2)cc1. The van der Waals surface area contributed by atoms with E-state index in [9.17, 15) is 18.0 Å². The number of carbonyl (C=O) groups is 1. The Kier molecular flexibility index (Phi) is 7.23. The number of rotatable bonds is 6. The Labute approximate surface area is 174 Å². The first-order chi connectivity index (χ1) is 14.3. The molecule has 0 bridgehead atoms. The smallest absolute Gasteiger partial charge is 0.297 e. The van der Waals surface area contributed by atoms with Gasteiger partial charge in [0.15, 0.2) is 0 Å². The van der Waals surface area contributed by atoms with E-state index in [0.29, 0.717) is 0 Å². The second kappa shape index (κ2) is 9.86. The monoisotopic (exact) mass is 418 g/mol. The molecular formula is C22H25F3N4O. The van der Waals surface area contributed by atoms with Crippen molar-refractivity contribution in [2.45, 2.75) is 19.6 Å². The zero-order valence-electron chi connectivity index (χ0n) is 16.8. The van der Waals surface area contributed by atoms with Crippen LogP contribution in [-0.4, -0.2) is 54.6 Å². The standard InChI is InChI=1S/C22H25F3N4O/c1-17-6-8-18(9-7-17)15-28-10-12-29(13-11-28)16-21(30)27-26-14-19-4-2-3-5-20(19)22(23,24)25/h2-9,14H,10-13,15-16H2,1H3,(H,27,30)/b26-14-. The highest BCUT2D eigenvalue weighted by molar-refractivity contribution is 5.84. The fourth-order valence-electron chi connectivity index (χ4n) is 3.34. The highest BCUT2D eigenvalue weighted by Crippen LogP contribution is 2.31. The molecule has 0 saturated carbocycles. The van der Waals surface area contributed by atoms with Gasteiger partial charge in [0.1, 0.15) is 0 Å². The Morgan fingerprint density at radius 1 is 1.03 bits per heavy atom. The van der Waals surface area contributed by atoms with Crippen LogP contribution in [0.3, 0.4) is 0 Å². The summed E-state index contributed by atoms with van der Waals surface area (Å²) >= 11 is 0. The van der Waals surface area contributed by atoms with Gasteiger partial charge in [-0.1, -0.05) is 48.0 Å². The Morgan fingerprint density at radius 2 is 1.67 bits per heavy atom. The quantitative estimate of drug-likeness (QED) is 0.579. The molecule has 0 radical (unpaired) electrons. The third-order valence-corrected chi connectivity index (χ3v) is 5.02. The predicted octanol–water partition coefficient (Wildman–Crippen LogP) is 3.28. The Morgan fingerprint density at radius 3 is 2.33 bits per heavy atom. The number of hydrogen-bond donors (Lipinski definition) is 1. The lowest BCUT2D eigenvalue weighted by Crippen LogP contribution is -2.48. The summed E-state index contributed by atoms with van der Waals surface area (Å²) in [6, 6.07) is 13.6. The maximum Gasteiger partial charge on any atom is 0.417 e. The number of carbonyl (C=O) groups excluding carboxylic acids is 1. The number of aryl methyl sites for hydroxylation is 1. The van der Waals surface area contributed by atoms with Crippen molar-refractivity contribution in [3.63, 3.8) is 0 Å². The summed E-state index contributed by atoms with van der Waals surface area (Å²) in [7, 11) is 0. The minimum Gasteiger partial charge on any atom is -0.297 e. The Hall–Kier alpha value is -2.71.